The van der Waals surface area contributed by atoms with Crippen molar-refractivity contribution in [2.24, 2.45) is 0 Å². The number of aromatic nitrogens is 1. The van der Waals surface area contributed by atoms with Gasteiger partial charge in [0.1, 0.15) is 5.69 Å². The molecule has 7 nitrogen and oxygen atoms in total. The third kappa shape index (κ3) is 2.65. The number of nitrogens with zero attached hydrogens (tertiary/aromatic N) is 3. The summed E-state index contributed by atoms with van der Waals surface area (Å²) in [6.45, 7) is 1.49. The van der Waals surface area contributed by atoms with Crippen molar-refractivity contribution in [1.29, 1.82) is 0 Å². The Hall–Kier alpha value is -1.89. The summed E-state index contributed by atoms with van der Waals surface area (Å²) >= 11 is 0. The second-order valence-corrected chi connectivity index (χ2v) is 5.83. The zero-order valence-corrected chi connectivity index (χ0v) is 12.1. The second-order valence-electron chi connectivity index (χ2n) is 5.83. The molecule has 1 unspecified atom stereocenters. The quantitative estimate of drug-likeness (QED) is 0.659. The fourth-order valence-corrected chi connectivity index (χ4v) is 3.09. The van der Waals surface area contributed by atoms with E-state index in [9.17, 15) is 14.9 Å². The number of nitrogens with one attached hydrogen (secondary N) is 1. The van der Waals surface area contributed by atoms with Gasteiger partial charge in [0.15, 0.2) is 0 Å². The van der Waals surface area contributed by atoms with Crippen molar-refractivity contribution in [3.05, 3.63) is 28.1 Å². The van der Waals surface area contributed by atoms with Gasteiger partial charge in [0.25, 0.3) is 11.6 Å². The Morgan fingerprint density at radius 3 is 2.86 bits per heavy atom. The third-order valence-corrected chi connectivity index (χ3v) is 4.28. The first-order chi connectivity index (χ1) is 10.1. The minimum absolute atomic E-state index is 0.00890. The van der Waals surface area contributed by atoms with Crippen LogP contribution in [0, 0.1) is 10.1 Å². The van der Waals surface area contributed by atoms with Crippen LogP contribution in [0.4, 0.5) is 5.69 Å². The van der Waals surface area contributed by atoms with Crippen molar-refractivity contribution in [1.82, 2.24) is 14.8 Å². The number of likely N-dealkylation sites (tertiary alicyclic amines) is 1. The van der Waals surface area contributed by atoms with E-state index in [4.69, 9.17) is 0 Å². The molecule has 114 valence electrons. The van der Waals surface area contributed by atoms with Gasteiger partial charge in [0.2, 0.25) is 0 Å². The fourth-order valence-electron chi connectivity index (χ4n) is 3.09. The smallest absolute Gasteiger partial charge is 0.287 e. The van der Waals surface area contributed by atoms with Crippen LogP contribution in [0.3, 0.4) is 0 Å². The molecular weight excluding hydrogens is 272 g/mol. The van der Waals surface area contributed by atoms with Crippen LogP contribution in [0.15, 0.2) is 12.3 Å². The molecule has 1 saturated heterocycles. The lowest BCUT2D eigenvalue weighted by Crippen LogP contribution is -2.41. The molecule has 0 spiro atoms. The number of hydrogen-bond acceptors (Lipinski definition) is 4. The van der Waals surface area contributed by atoms with Gasteiger partial charge in [-0.25, -0.2) is 0 Å². The summed E-state index contributed by atoms with van der Waals surface area (Å²) in [7, 11) is 1.87. The Morgan fingerprint density at radius 2 is 2.24 bits per heavy atom. The minimum Gasteiger partial charge on any atom is -0.334 e. The van der Waals surface area contributed by atoms with Crippen LogP contribution >= 0.6 is 0 Å². The highest BCUT2D eigenvalue weighted by molar-refractivity contribution is 5.94. The molecule has 3 rings (SSSR count). The van der Waals surface area contributed by atoms with Gasteiger partial charge in [-0.2, -0.15) is 0 Å². The molecule has 0 bridgehead atoms. The maximum Gasteiger partial charge on any atom is 0.287 e. The van der Waals surface area contributed by atoms with Gasteiger partial charge in [-0.1, -0.05) is 0 Å². The molecule has 1 aliphatic heterocycles. The monoisotopic (exact) mass is 292 g/mol. The van der Waals surface area contributed by atoms with Crippen LogP contribution in [0.5, 0.6) is 0 Å². The highest BCUT2D eigenvalue weighted by Crippen LogP contribution is 2.38. The second kappa shape index (κ2) is 5.48. The summed E-state index contributed by atoms with van der Waals surface area (Å²) in [5.41, 5.74) is 0.474. The Morgan fingerprint density at radius 1 is 1.48 bits per heavy atom. The maximum absolute atomic E-state index is 12.8. The van der Waals surface area contributed by atoms with E-state index >= 15 is 0 Å². The zero-order valence-electron chi connectivity index (χ0n) is 12.1. The van der Waals surface area contributed by atoms with Crippen LogP contribution in [0.1, 0.15) is 42.2 Å². The molecule has 1 N–H and O–H groups in total. The van der Waals surface area contributed by atoms with Gasteiger partial charge in [-0.3, -0.25) is 14.9 Å². The summed E-state index contributed by atoms with van der Waals surface area (Å²) in [6.07, 6.45) is 5.47. The van der Waals surface area contributed by atoms with Crippen LogP contribution in [-0.4, -0.2) is 46.5 Å². The highest BCUT2D eigenvalue weighted by Gasteiger charge is 2.35. The molecule has 1 amide bonds. The van der Waals surface area contributed by atoms with Crippen LogP contribution in [0.2, 0.25) is 0 Å². The molecular formula is C14H20N4O3. The van der Waals surface area contributed by atoms with Gasteiger partial charge in [-0.05, 0) is 32.7 Å². The summed E-state index contributed by atoms with van der Waals surface area (Å²) in [6, 6.07) is 1.86. The maximum atomic E-state index is 12.8. The first-order valence-electron chi connectivity index (χ1n) is 7.43. The largest absolute Gasteiger partial charge is 0.334 e. The van der Waals surface area contributed by atoms with E-state index in [0.29, 0.717) is 5.69 Å². The summed E-state index contributed by atoms with van der Waals surface area (Å²) in [5.74, 6) is -0.0762. The SMILES string of the molecule is CNCC1CCCN1C(=O)c1cc([N+](=O)[O-])cn1C1CC1. The average molecular weight is 292 g/mol. The van der Waals surface area contributed by atoms with E-state index in [2.05, 4.69) is 5.32 Å². The first kappa shape index (κ1) is 14.1. The number of amides is 1. The minimum atomic E-state index is -0.426. The normalized spacial score (nSPS) is 21.8. The average Bonchev–Trinajstić information content (AvgIpc) is 3.02. The van der Waals surface area contributed by atoms with E-state index in [1.165, 1.54) is 12.3 Å². The van der Waals surface area contributed by atoms with Crippen LogP contribution in [0.25, 0.3) is 0 Å². The molecule has 2 fully saturated rings. The molecule has 1 aromatic rings. The number of nitro groups is 1. The number of carbonyl (C=O) groups excluding carboxylic acids is 1. The summed E-state index contributed by atoms with van der Waals surface area (Å²) in [5, 5.41) is 14.1. The Bertz CT molecular complexity index is 565. The molecule has 1 saturated carbocycles. The van der Waals surface area contributed by atoms with Crippen molar-refractivity contribution in [2.45, 2.75) is 37.8 Å². The summed E-state index contributed by atoms with van der Waals surface area (Å²) < 4.78 is 1.80. The molecule has 1 aromatic heterocycles. The lowest BCUT2D eigenvalue weighted by molar-refractivity contribution is -0.384. The molecule has 2 heterocycles. The number of hydrogen-bond donors (Lipinski definition) is 1. The van der Waals surface area contributed by atoms with Gasteiger partial charge < -0.3 is 14.8 Å². The Balaban J connectivity index is 1.88. The Kier molecular flexibility index (Phi) is 3.67. The van der Waals surface area contributed by atoms with Crippen LogP contribution in [-0.2, 0) is 0 Å². The van der Waals surface area contributed by atoms with Gasteiger partial charge in [-0.15, -0.1) is 0 Å². The van der Waals surface area contributed by atoms with E-state index in [1.807, 2.05) is 11.9 Å². The van der Waals surface area contributed by atoms with Crippen molar-refractivity contribution >= 4 is 11.6 Å². The number of carbonyl (C=O) groups is 1. The zero-order chi connectivity index (χ0) is 15.0. The molecule has 21 heavy (non-hydrogen) atoms. The Labute approximate surface area is 123 Å². The number of rotatable bonds is 5. The predicted octanol–water partition coefficient (Wildman–Crippen LogP) is 1.56. The van der Waals surface area contributed by atoms with Crippen LogP contribution < -0.4 is 5.32 Å². The lowest BCUT2D eigenvalue weighted by Gasteiger charge is -2.25. The summed E-state index contributed by atoms with van der Waals surface area (Å²) in [4.78, 5) is 25.2. The molecule has 0 aromatic carbocycles. The lowest BCUT2D eigenvalue weighted by atomic mass is 10.2. The molecule has 1 aliphatic carbocycles. The van der Waals surface area contributed by atoms with Crippen molar-refractivity contribution in [2.75, 3.05) is 20.1 Å². The molecule has 1 atom stereocenters. The molecule has 2 aliphatic rings. The van der Waals surface area contributed by atoms with Crippen molar-refractivity contribution in [3.8, 4) is 0 Å². The van der Waals surface area contributed by atoms with Gasteiger partial charge in [0.05, 0.1) is 11.1 Å². The standard InChI is InChI=1S/C14H20N4O3/c1-15-8-11-3-2-6-16(11)14(19)13-7-12(18(20)21)9-17(13)10-4-5-10/h7,9-11,15H,2-6,8H2,1H3. The predicted molar refractivity (Wildman–Crippen MR) is 77.3 cm³/mol. The first-order valence-corrected chi connectivity index (χ1v) is 7.43. The molecule has 7 heteroatoms. The van der Waals surface area contributed by atoms with Gasteiger partial charge in [0, 0.05) is 31.2 Å². The third-order valence-electron chi connectivity index (χ3n) is 4.28. The number of likely N-dealkylation sites (N-methyl/N-ethyl adjacent to an activating group) is 1. The topological polar surface area (TPSA) is 80.4 Å². The van der Waals surface area contributed by atoms with E-state index in [-0.39, 0.29) is 23.7 Å². The van der Waals surface area contributed by atoms with E-state index < -0.39 is 4.92 Å². The van der Waals surface area contributed by atoms with Crippen molar-refractivity contribution in [3.63, 3.8) is 0 Å². The highest BCUT2D eigenvalue weighted by atomic mass is 16.6. The van der Waals surface area contributed by atoms with Crippen molar-refractivity contribution < 1.29 is 9.72 Å². The fraction of sp³-hybridized carbons (Fsp3) is 0.643. The van der Waals surface area contributed by atoms with E-state index in [1.54, 1.807) is 4.57 Å². The van der Waals surface area contributed by atoms with Gasteiger partial charge >= 0.3 is 0 Å². The molecule has 0 radical (unpaired) electrons. The van der Waals surface area contributed by atoms with E-state index in [0.717, 1.165) is 38.8 Å².